The average molecular weight is 241 g/mol. The Morgan fingerprint density at radius 1 is 1.18 bits per heavy atom. The van der Waals surface area contributed by atoms with Crippen molar-refractivity contribution in [1.29, 1.82) is 5.26 Å². The van der Waals surface area contributed by atoms with Crippen LogP contribution in [0.5, 0.6) is 0 Å². The molecule has 5 heteroatoms. The van der Waals surface area contributed by atoms with Gasteiger partial charge < -0.3 is 0 Å². The normalized spacial score (nSPS) is 12.0. The zero-order valence-electron chi connectivity index (χ0n) is 9.30. The summed E-state index contributed by atoms with van der Waals surface area (Å²) in [6.45, 7) is 2.99. The summed E-state index contributed by atoms with van der Waals surface area (Å²) in [6.07, 6.45) is -4.19. The molecule has 1 aromatic carbocycles. The number of nitriles is 1. The molecule has 0 spiro atoms. The number of rotatable bonds is 2. The Bertz CT molecular complexity index is 484. The van der Waals surface area contributed by atoms with Crippen LogP contribution in [0.1, 0.15) is 35.3 Å². The van der Waals surface area contributed by atoms with Gasteiger partial charge in [0.2, 0.25) is 0 Å². The van der Waals surface area contributed by atoms with Crippen LogP contribution in [0.3, 0.4) is 0 Å². The van der Waals surface area contributed by atoms with Crippen LogP contribution < -0.4 is 0 Å². The van der Waals surface area contributed by atoms with E-state index >= 15 is 0 Å². The van der Waals surface area contributed by atoms with Crippen molar-refractivity contribution in [2.24, 2.45) is 0 Å². The molecule has 0 aliphatic carbocycles. The summed E-state index contributed by atoms with van der Waals surface area (Å²) >= 11 is 0. The number of hydrogen-bond acceptors (Lipinski definition) is 2. The maximum absolute atomic E-state index is 12.6. The molecule has 0 heterocycles. The van der Waals surface area contributed by atoms with Crippen molar-refractivity contribution in [2.45, 2.75) is 25.4 Å². The number of hydrogen-bond donors (Lipinski definition) is 0. The van der Waals surface area contributed by atoms with Gasteiger partial charge in [-0.2, -0.15) is 18.4 Å². The molecule has 0 unspecified atom stereocenters. The van der Waals surface area contributed by atoms with Gasteiger partial charge in [0.05, 0.1) is 17.0 Å². The van der Waals surface area contributed by atoms with Crippen molar-refractivity contribution in [1.82, 2.24) is 0 Å². The van der Waals surface area contributed by atoms with Crippen LogP contribution in [0.4, 0.5) is 13.2 Å². The minimum Gasteiger partial charge on any atom is -0.298 e. The molecule has 17 heavy (non-hydrogen) atoms. The fraction of sp³-hybridized carbons (Fsp3) is 0.333. The largest absolute Gasteiger partial charge is 0.416 e. The summed E-state index contributed by atoms with van der Waals surface area (Å²) in [5, 5.41) is 8.89. The number of alkyl halides is 3. The number of benzene rings is 1. The molecular weight excluding hydrogens is 231 g/mol. The van der Waals surface area contributed by atoms with Crippen molar-refractivity contribution < 1.29 is 18.0 Å². The highest BCUT2D eigenvalue weighted by molar-refractivity contribution is 5.76. The lowest BCUT2D eigenvalue weighted by Gasteiger charge is -2.18. The second-order valence-electron chi connectivity index (χ2n) is 4.20. The third-order valence-electron chi connectivity index (χ3n) is 2.42. The quantitative estimate of drug-likeness (QED) is 0.745. The topological polar surface area (TPSA) is 40.9 Å². The highest BCUT2D eigenvalue weighted by Gasteiger charge is 2.33. The molecule has 90 valence electrons. The maximum Gasteiger partial charge on any atom is 0.416 e. The van der Waals surface area contributed by atoms with Crippen LogP contribution in [0, 0.1) is 11.3 Å². The van der Waals surface area contributed by atoms with Crippen molar-refractivity contribution >= 4 is 6.29 Å². The third kappa shape index (κ3) is 2.84. The van der Waals surface area contributed by atoms with E-state index < -0.39 is 17.2 Å². The molecule has 0 radical (unpaired) electrons. The zero-order valence-corrected chi connectivity index (χ0v) is 9.30. The lowest BCUT2D eigenvalue weighted by Crippen LogP contribution is -2.16. The Hall–Kier alpha value is -1.83. The van der Waals surface area contributed by atoms with E-state index in [0.717, 1.165) is 12.1 Å². The summed E-state index contributed by atoms with van der Waals surface area (Å²) in [6, 6.07) is 4.87. The minimum absolute atomic E-state index is 0.0850. The number of carbonyl (C=O) groups is 1. The van der Waals surface area contributed by atoms with Crippen LogP contribution >= 0.6 is 0 Å². The van der Waals surface area contributed by atoms with Crippen LogP contribution in [-0.2, 0) is 11.6 Å². The highest BCUT2D eigenvalue weighted by atomic mass is 19.4. The second-order valence-corrected chi connectivity index (χ2v) is 4.20. The highest BCUT2D eigenvalue weighted by Crippen LogP contribution is 2.33. The van der Waals surface area contributed by atoms with E-state index in [0.29, 0.717) is 6.29 Å². The molecule has 1 rings (SSSR count). The molecule has 0 bridgehead atoms. The van der Waals surface area contributed by atoms with Gasteiger partial charge in [0.1, 0.15) is 6.29 Å². The lowest BCUT2D eigenvalue weighted by molar-refractivity contribution is -0.137. The Kier molecular flexibility index (Phi) is 3.28. The molecule has 0 aromatic heterocycles. The molecule has 0 aliphatic rings. The predicted octanol–water partition coefficient (Wildman–Crippen LogP) is 3.32. The van der Waals surface area contributed by atoms with Gasteiger partial charge in [-0.3, -0.25) is 4.79 Å². The van der Waals surface area contributed by atoms with Gasteiger partial charge in [-0.1, -0.05) is 0 Å². The van der Waals surface area contributed by atoms with Crippen LogP contribution in [-0.4, -0.2) is 6.29 Å². The van der Waals surface area contributed by atoms with Gasteiger partial charge in [-0.25, -0.2) is 0 Å². The maximum atomic E-state index is 12.6. The Morgan fingerprint density at radius 2 is 1.71 bits per heavy atom. The summed E-state index contributed by atoms with van der Waals surface area (Å²) in [4.78, 5) is 10.6. The van der Waals surface area contributed by atoms with Crippen molar-refractivity contribution in [3.8, 4) is 6.07 Å². The minimum atomic E-state index is -4.53. The van der Waals surface area contributed by atoms with Gasteiger partial charge in [0.15, 0.2) is 0 Å². The number of halogens is 3. The number of nitrogens with zero attached hydrogens (tertiary/aromatic N) is 1. The van der Waals surface area contributed by atoms with Crippen LogP contribution in [0.25, 0.3) is 0 Å². The Balaban J connectivity index is 3.45. The second kappa shape index (κ2) is 4.21. The van der Waals surface area contributed by atoms with Crippen molar-refractivity contribution in [3.63, 3.8) is 0 Å². The van der Waals surface area contributed by atoms with Crippen LogP contribution in [0.2, 0.25) is 0 Å². The first-order valence-electron chi connectivity index (χ1n) is 4.80. The fourth-order valence-electron chi connectivity index (χ4n) is 1.31. The summed E-state index contributed by atoms with van der Waals surface area (Å²) in [7, 11) is 0. The Labute approximate surface area is 96.7 Å². The number of carbonyl (C=O) groups excluding carboxylic acids is 1. The van der Waals surface area contributed by atoms with E-state index in [1.54, 1.807) is 0 Å². The third-order valence-corrected chi connectivity index (χ3v) is 2.42. The van der Waals surface area contributed by atoms with E-state index in [1.165, 1.54) is 19.9 Å². The molecule has 0 N–H and O–H groups in total. The first-order chi connectivity index (χ1) is 7.70. The van der Waals surface area contributed by atoms with E-state index in [2.05, 4.69) is 0 Å². The van der Waals surface area contributed by atoms with E-state index in [9.17, 15) is 18.0 Å². The molecule has 0 saturated carbocycles. The molecule has 0 amide bonds. The molecule has 0 atom stereocenters. The SMILES string of the molecule is CC(C)(C#N)c1cc(C=O)cc(C(F)(F)F)c1. The number of aldehydes is 1. The van der Waals surface area contributed by atoms with Gasteiger partial charge >= 0.3 is 6.18 Å². The monoisotopic (exact) mass is 241 g/mol. The Morgan fingerprint density at radius 3 is 2.12 bits per heavy atom. The van der Waals surface area contributed by atoms with Crippen molar-refractivity contribution in [3.05, 3.63) is 34.9 Å². The first-order valence-corrected chi connectivity index (χ1v) is 4.80. The summed E-state index contributed by atoms with van der Waals surface area (Å²) in [5.41, 5.74) is -1.89. The molecule has 0 fully saturated rings. The summed E-state index contributed by atoms with van der Waals surface area (Å²) in [5.74, 6) is 0. The molecular formula is C12H10F3NO. The van der Waals surface area contributed by atoms with E-state index in [-0.39, 0.29) is 11.1 Å². The smallest absolute Gasteiger partial charge is 0.298 e. The lowest BCUT2D eigenvalue weighted by atomic mass is 9.84. The molecule has 0 saturated heterocycles. The van der Waals surface area contributed by atoms with Gasteiger partial charge in [0, 0.05) is 5.56 Å². The molecule has 0 aliphatic heterocycles. The van der Waals surface area contributed by atoms with E-state index in [1.807, 2.05) is 6.07 Å². The fourth-order valence-corrected chi connectivity index (χ4v) is 1.31. The zero-order chi connectivity index (χ0) is 13.3. The molecule has 2 nitrogen and oxygen atoms in total. The first kappa shape index (κ1) is 13.2. The average Bonchev–Trinajstić information content (AvgIpc) is 2.27. The van der Waals surface area contributed by atoms with Gasteiger partial charge in [-0.05, 0) is 37.6 Å². The van der Waals surface area contributed by atoms with Gasteiger partial charge in [-0.15, -0.1) is 0 Å². The predicted molar refractivity (Wildman–Crippen MR) is 55.5 cm³/mol. The molecule has 1 aromatic rings. The van der Waals surface area contributed by atoms with E-state index in [4.69, 9.17) is 5.26 Å². The van der Waals surface area contributed by atoms with Crippen LogP contribution in [0.15, 0.2) is 18.2 Å². The summed E-state index contributed by atoms with van der Waals surface area (Å²) < 4.78 is 37.7. The van der Waals surface area contributed by atoms with Gasteiger partial charge in [0.25, 0.3) is 0 Å². The van der Waals surface area contributed by atoms with Crippen molar-refractivity contribution in [2.75, 3.05) is 0 Å². The standard InChI is InChI=1S/C12H10F3NO/c1-11(2,7-16)9-3-8(6-17)4-10(5-9)12(13,14)15/h3-6H,1-2H3.